The van der Waals surface area contributed by atoms with Crippen molar-refractivity contribution in [2.75, 3.05) is 13.2 Å². The molecule has 1 rings (SSSR count). The summed E-state index contributed by atoms with van der Waals surface area (Å²) in [6, 6.07) is -0.435. The molecular weight excluding hydrogens is 283 g/mol. The molecule has 1 atom stereocenters. The van der Waals surface area contributed by atoms with Crippen LogP contribution >= 0.6 is 11.6 Å². The third-order valence-corrected chi connectivity index (χ3v) is 2.76. The molecule has 1 heterocycles. The second-order valence-electron chi connectivity index (χ2n) is 4.48. The number of hydrogen-bond donors (Lipinski definition) is 1. The van der Waals surface area contributed by atoms with E-state index in [9.17, 15) is 13.2 Å². The molecule has 8 heteroatoms. The quantitative estimate of drug-likeness (QED) is 0.821. The molecule has 0 spiro atoms. The predicted octanol–water partition coefficient (Wildman–Crippen LogP) is 3.09. The third-order valence-electron chi connectivity index (χ3n) is 2.47. The summed E-state index contributed by atoms with van der Waals surface area (Å²) >= 11 is 5.99. The number of ether oxygens (including phenoxy) is 1. The van der Waals surface area contributed by atoms with Crippen molar-refractivity contribution in [1.82, 2.24) is 9.78 Å². The largest absolute Gasteiger partial charge is 0.411 e. The molecule has 4 nitrogen and oxygen atoms in total. The standard InChI is InChI=1S/C11H17ClF3N3O/c1-7(2)18-10(8(12)5-17-18)9(16)3-4-19-6-11(13,14)15/h5,7,9H,3-4,6,16H2,1-2H3. The Bertz CT molecular complexity index is 406. The fourth-order valence-corrected chi connectivity index (χ4v) is 1.91. The van der Waals surface area contributed by atoms with Gasteiger partial charge in [-0.25, -0.2) is 0 Å². The Morgan fingerprint density at radius 2 is 2.11 bits per heavy atom. The lowest BCUT2D eigenvalue weighted by molar-refractivity contribution is -0.174. The molecule has 1 unspecified atom stereocenters. The van der Waals surface area contributed by atoms with Crippen molar-refractivity contribution >= 4 is 11.6 Å². The Labute approximate surface area is 114 Å². The van der Waals surface area contributed by atoms with Crippen molar-refractivity contribution in [2.45, 2.75) is 38.5 Å². The topological polar surface area (TPSA) is 53.1 Å². The molecule has 19 heavy (non-hydrogen) atoms. The van der Waals surface area contributed by atoms with Crippen molar-refractivity contribution in [3.8, 4) is 0 Å². The summed E-state index contributed by atoms with van der Waals surface area (Å²) in [5.41, 5.74) is 6.54. The van der Waals surface area contributed by atoms with Crippen molar-refractivity contribution in [3.05, 3.63) is 16.9 Å². The van der Waals surface area contributed by atoms with E-state index in [0.29, 0.717) is 10.7 Å². The normalized spacial score (nSPS) is 14.1. The smallest absolute Gasteiger partial charge is 0.372 e. The molecular formula is C11H17ClF3N3O. The molecule has 0 aliphatic heterocycles. The molecule has 0 aliphatic carbocycles. The van der Waals surface area contributed by atoms with Crippen LogP contribution in [0.1, 0.15) is 38.0 Å². The van der Waals surface area contributed by atoms with Crippen LogP contribution in [0.25, 0.3) is 0 Å². The Kier molecular flexibility index (Phi) is 5.64. The molecule has 0 fully saturated rings. The van der Waals surface area contributed by atoms with Crippen LogP contribution in [0.5, 0.6) is 0 Å². The molecule has 0 bridgehead atoms. The van der Waals surface area contributed by atoms with Gasteiger partial charge in [0.25, 0.3) is 0 Å². The molecule has 0 saturated heterocycles. The van der Waals surface area contributed by atoms with Gasteiger partial charge in [-0.15, -0.1) is 0 Å². The van der Waals surface area contributed by atoms with Crippen LogP contribution in [-0.2, 0) is 4.74 Å². The number of hydrogen-bond acceptors (Lipinski definition) is 3. The number of halogens is 4. The first-order valence-corrected chi connectivity index (χ1v) is 6.23. The zero-order valence-electron chi connectivity index (χ0n) is 10.7. The van der Waals surface area contributed by atoms with Crippen LogP contribution in [-0.4, -0.2) is 29.2 Å². The van der Waals surface area contributed by atoms with Crippen LogP contribution in [0.2, 0.25) is 5.02 Å². The van der Waals surface area contributed by atoms with Gasteiger partial charge in [0.15, 0.2) is 0 Å². The highest BCUT2D eigenvalue weighted by atomic mass is 35.5. The van der Waals surface area contributed by atoms with Crippen LogP contribution in [0, 0.1) is 0 Å². The van der Waals surface area contributed by atoms with Gasteiger partial charge in [0.05, 0.1) is 23.0 Å². The SMILES string of the molecule is CC(C)n1ncc(Cl)c1C(N)CCOCC(F)(F)F. The summed E-state index contributed by atoms with van der Waals surface area (Å²) in [6.07, 6.45) is -2.59. The molecule has 0 saturated carbocycles. The number of aromatic nitrogens is 2. The molecule has 1 aromatic heterocycles. The molecule has 0 aliphatic rings. The van der Waals surface area contributed by atoms with Crippen molar-refractivity contribution in [3.63, 3.8) is 0 Å². The van der Waals surface area contributed by atoms with E-state index in [4.69, 9.17) is 17.3 Å². The van der Waals surface area contributed by atoms with E-state index in [1.807, 2.05) is 13.8 Å². The van der Waals surface area contributed by atoms with Gasteiger partial charge in [-0.1, -0.05) is 11.6 Å². The Morgan fingerprint density at radius 3 is 2.63 bits per heavy atom. The second kappa shape index (κ2) is 6.58. The maximum Gasteiger partial charge on any atom is 0.411 e. The van der Waals surface area contributed by atoms with E-state index in [2.05, 4.69) is 9.84 Å². The zero-order valence-corrected chi connectivity index (χ0v) is 11.5. The third kappa shape index (κ3) is 5.00. The highest BCUT2D eigenvalue weighted by Gasteiger charge is 2.27. The highest BCUT2D eigenvalue weighted by Crippen LogP contribution is 2.26. The Hall–Kier alpha value is -0.790. The van der Waals surface area contributed by atoms with Gasteiger partial charge in [0, 0.05) is 12.6 Å². The average Bonchev–Trinajstić information content (AvgIpc) is 2.65. The van der Waals surface area contributed by atoms with Gasteiger partial charge in [0.1, 0.15) is 6.61 Å². The van der Waals surface area contributed by atoms with Gasteiger partial charge in [-0.3, -0.25) is 4.68 Å². The lowest BCUT2D eigenvalue weighted by atomic mass is 10.1. The van der Waals surface area contributed by atoms with E-state index >= 15 is 0 Å². The summed E-state index contributed by atoms with van der Waals surface area (Å²) in [4.78, 5) is 0. The Morgan fingerprint density at radius 1 is 1.47 bits per heavy atom. The van der Waals surface area contributed by atoms with Crippen molar-refractivity contribution < 1.29 is 17.9 Å². The molecule has 1 aromatic rings. The fraction of sp³-hybridized carbons (Fsp3) is 0.727. The van der Waals surface area contributed by atoms with Gasteiger partial charge < -0.3 is 10.5 Å². The first-order valence-electron chi connectivity index (χ1n) is 5.85. The van der Waals surface area contributed by atoms with E-state index < -0.39 is 18.8 Å². The first-order chi connectivity index (χ1) is 8.72. The zero-order chi connectivity index (χ0) is 14.6. The van der Waals surface area contributed by atoms with Crippen molar-refractivity contribution in [1.29, 1.82) is 0 Å². The van der Waals surface area contributed by atoms with Crippen LogP contribution in [0.3, 0.4) is 0 Å². The summed E-state index contributed by atoms with van der Waals surface area (Å²) in [5.74, 6) is 0. The molecule has 110 valence electrons. The Balaban J connectivity index is 2.54. The maximum absolute atomic E-state index is 11.9. The van der Waals surface area contributed by atoms with Crippen molar-refractivity contribution in [2.24, 2.45) is 5.73 Å². The molecule has 0 radical (unpaired) electrons. The fourth-order valence-electron chi connectivity index (χ4n) is 1.64. The minimum Gasteiger partial charge on any atom is -0.372 e. The predicted molar refractivity (Wildman–Crippen MR) is 66.0 cm³/mol. The van der Waals surface area contributed by atoms with Gasteiger partial charge in [-0.05, 0) is 20.3 Å². The van der Waals surface area contributed by atoms with E-state index in [-0.39, 0.29) is 19.1 Å². The summed E-state index contributed by atoms with van der Waals surface area (Å²) in [6.45, 7) is 2.48. The first kappa shape index (κ1) is 16.3. The number of rotatable bonds is 6. The van der Waals surface area contributed by atoms with Gasteiger partial charge in [-0.2, -0.15) is 18.3 Å². The lowest BCUT2D eigenvalue weighted by Gasteiger charge is -2.17. The monoisotopic (exact) mass is 299 g/mol. The van der Waals surface area contributed by atoms with Crippen LogP contribution in [0.15, 0.2) is 6.20 Å². The minimum atomic E-state index is -4.32. The highest BCUT2D eigenvalue weighted by molar-refractivity contribution is 6.31. The number of nitrogens with two attached hydrogens (primary N) is 1. The molecule has 2 N–H and O–H groups in total. The lowest BCUT2D eigenvalue weighted by Crippen LogP contribution is -2.22. The summed E-state index contributed by atoms with van der Waals surface area (Å²) < 4.78 is 41.9. The number of alkyl halides is 3. The van der Waals surface area contributed by atoms with Crippen LogP contribution < -0.4 is 5.73 Å². The van der Waals surface area contributed by atoms with Crippen LogP contribution in [0.4, 0.5) is 13.2 Å². The number of nitrogens with zero attached hydrogens (tertiary/aromatic N) is 2. The van der Waals surface area contributed by atoms with Gasteiger partial charge >= 0.3 is 6.18 Å². The van der Waals surface area contributed by atoms with E-state index in [1.54, 1.807) is 4.68 Å². The maximum atomic E-state index is 11.9. The van der Waals surface area contributed by atoms with Gasteiger partial charge in [0.2, 0.25) is 0 Å². The van der Waals surface area contributed by atoms with E-state index in [1.165, 1.54) is 6.20 Å². The van der Waals surface area contributed by atoms with E-state index in [0.717, 1.165) is 0 Å². The second-order valence-corrected chi connectivity index (χ2v) is 4.89. The summed E-state index contributed by atoms with van der Waals surface area (Å²) in [5, 5.41) is 4.50. The minimum absolute atomic E-state index is 0.0737. The average molecular weight is 300 g/mol. The summed E-state index contributed by atoms with van der Waals surface area (Å²) in [7, 11) is 0. The molecule has 0 aromatic carbocycles. The molecule has 0 amide bonds.